The molecule has 1 aromatic carbocycles. The van der Waals surface area contributed by atoms with Crippen LogP contribution in [0.3, 0.4) is 0 Å². The Morgan fingerprint density at radius 2 is 1.80 bits per heavy atom. The molecule has 0 aromatic heterocycles. The molecular weight excluding hydrogens is 338 g/mol. The normalized spacial score (nSPS) is 21.7. The first-order valence-electron chi connectivity index (χ1n) is 9.07. The van der Waals surface area contributed by atoms with Crippen LogP contribution in [0, 0.1) is 5.41 Å². The van der Waals surface area contributed by atoms with Crippen molar-refractivity contribution in [3.05, 3.63) is 29.3 Å². The molecule has 0 spiro atoms. The predicted molar refractivity (Wildman–Crippen MR) is 98.7 cm³/mol. The molecule has 136 valence electrons. The van der Waals surface area contributed by atoms with Gasteiger partial charge in [0.2, 0.25) is 11.8 Å². The summed E-state index contributed by atoms with van der Waals surface area (Å²) in [5.74, 6) is -0.0178. The van der Waals surface area contributed by atoms with E-state index >= 15 is 0 Å². The van der Waals surface area contributed by atoms with Crippen LogP contribution in [0.1, 0.15) is 33.1 Å². The average molecular weight is 365 g/mol. The molecule has 0 aliphatic carbocycles. The Hall–Kier alpha value is -1.59. The number of amides is 2. The molecule has 3 rings (SSSR count). The molecule has 0 radical (unpaired) electrons. The molecule has 6 heteroatoms. The summed E-state index contributed by atoms with van der Waals surface area (Å²) in [7, 11) is 0. The molecule has 25 heavy (non-hydrogen) atoms. The molecule has 2 aliphatic rings. The number of piperazine rings is 1. The van der Waals surface area contributed by atoms with Gasteiger partial charge in [-0.25, -0.2) is 4.90 Å². The molecule has 0 atom stereocenters. The van der Waals surface area contributed by atoms with Crippen molar-refractivity contribution in [3.63, 3.8) is 0 Å². The van der Waals surface area contributed by atoms with Gasteiger partial charge >= 0.3 is 0 Å². The van der Waals surface area contributed by atoms with Crippen LogP contribution in [0.2, 0.25) is 5.02 Å². The highest BCUT2D eigenvalue weighted by molar-refractivity contribution is 6.30. The number of carbonyl (C=O) groups excluding carboxylic acids is 2. The Morgan fingerprint density at radius 1 is 1.16 bits per heavy atom. The molecule has 2 fully saturated rings. The summed E-state index contributed by atoms with van der Waals surface area (Å²) in [4.78, 5) is 30.0. The Bertz CT molecular complexity index is 638. The number of rotatable bonds is 4. The number of hydrogen-bond acceptors (Lipinski definition) is 3. The van der Waals surface area contributed by atoms with Crippen LogP contribution in [0.25, 0.3) is 0 Å². The second kappa shape index (κ2) is 7.34. The van der Waals surface area contributed by atoms with Crippen molar-refractivity contribution in [1.29, 1.82) is 0 Å². The van der Waals surface area contributed by atoms with Crippen molar-refractivity contribution >= 4 is 29.1 Å². The fourth-order valence-electron chi connectivity index (χ4n) is 3.68. The lowest BCUT2D eigenvalue weighted by Crippen LogP contribution is -3.16. The number of halogens is 1. The zero-order chi connectivity index (χ0) is 18.0. The van der Waals surface area contributed by atoms with E-state index in [1.54, 1.807) is 0 Å². The zero-order valence-electron chi connectivity index (χ0n) is 15.1. The first kappa shape index (κ1) is 18.2. The maximum Gasteiger partial charge on any atom is 0.234 e. The highest BCUT2D eigenvalue weighted by Gasteiger charge is 2.41. The third-order valence-electron chi connectivity index (χ3n) is 5.64. The molecule has 2 heterocycles. The van der Waals surface area contributed by atoms with Gasteiger partial charge in [-0.2, -0.15) is 0 Å². The third-order valence-corrected chi connectivity index (χ3v) is 5.87. The first-order chi connectivity index (χ1) is 11.9. The molecule has 2 amide bonds. The minimum absolute atomic E-state index is 0.00892. The quantitative estimate of drug-likeness (QED) is 0.825. The predicted octanol–water partition coefficient (Wildman–Crippen LogP) is 1.57. The average Bonchev–Trinajstić information content (AvgIpc) is 2.59. The maximum atomic E-state index is 12.4. The van der Waals surface area contributed by atoms with E-state index in [-0.39, 0.29) is 17.2 Å². The number of piperidine rings is 1. The largest absolute Gasteiger partial charge is 0.360 e. The topological polar surface area (TPSA) is 45.1 Å². The van der Waals surface area contributed by atoms with Gasteiger partial charge in [-0.15, -0.1) is 0 Å². The number of likely N-dealkylation sites (tertiary alicyclic amines) is 1. The number of anilines is 1. The first-order valence-corrected chi connectivity index (χ1v) is 9.45. The Kier molecular flexibility index (Phi) is 5.35. The van der Waals surface area contributed by atoms with Gasteiger partial charge in [0.25, 0.3) is 0 Å². The number of nitrogens with one attached hydrogen (secondary N) is 1. The van der Waals surface area contributed by atoms with Crippen LogP contribution < -0.4 is 9.80 Å². The highest BCUT2D eigenvalue weighted by Crippen LogP contribution is 2.34. The summed E-state index contributed by atoms with van der Waals surface area (Å²) in [6, 6.07) is 7.90. The molecular formula is C19H27ClN3O2+. The second-order valence-electron chi connectivity index (χ2n) is 7.61. The van der Waals surface area contributed by atoms with Crippen LogP contribution in [-0.2, 0) is 9.59 Å². The van der Waals surface area contributed by atoms with Crippen molar-refractivity contribution in [2.75, 3.05) is 37.7 Å². The molecule has 5 nitrogen and oxygen atoms in total. The number of imide groups is 1. The van der Waals surface area contributed by atoms with Gasteiger partial charge in [0.1, 0.15) is 0 Å². The van der Waals surface area contributed by atoms with Gasteiger partial charge in [0.05, 0.1) is 26.2 Å². The summed E-state index contributed by atoms with van der Waals surface area (Å²) in [5, 5.41) is 0.746. The molecule has 1 N–H and O–H groups in total. The van der Waals surface area contributed by atoms with E-state index in [2.05, 4.69) is 17.9 Å². The van der Waals surface area contributed by atoms with Gasteiger partial charge in [0.15, 0.2) is 6.67 Å². The second-order valence-corrected chi connectivity index (χ2v) is 8.04. The van der Waals surface area contributed by atoms with Crippen molar-refractivity contribution in [1.82, 2.24) is 4.90 Å². The lowest BCUT2D eigenvalue weighted by molar-refractivity contribution is -0.908. The molecule has 1 aromatic rings. The van der Waals surface area contributed by atoms with E-state index in [0.717, 1.165) is 43.3 Å². The zero-order valence-corrected chi connectivity index (χ0v) is 15.8. The van der Waals surface area contributed by atoms with Crippen molar-refractivity contribution in [2.45, 2.75) is 33.1 Å². The number of carbonyl (C=O) groups is 2. The van der Waals surface area contributed by atoms with E-state index in [1.165, 1.54) is 9.80 Å². The smallest absolute Gasteiger partial charge is 0.234 e. The van der Waals surface area contributed by atoms with Crippen molar-refractivity contribution < 1.29 is 14.5 Å². The van der Waals surface area contributed by atoms with Crippen LogP contribution in [-0.4, -0.2) is 49.6 Å². The Balaban J connectivity index is 1.56. The summed E-state index contributed by atoms with van der Waals surface area (Å²) in [5.41, 5.74) is 0.973. The minimum Gasteiger partial charge on any atom is -0.360 e. The monoisotopic (exact) mass is 364 g/mol. The van der Waals surface area contributed by atoms with Gasteiger partial charge in [0, 0.05) is 23.6 Å². The Labute approximate surface area is 154 Å². The summed E-state index contributed by atoms with van der Waals surface area (Å²) in [6.07, 6.45) is 1.83. The van der Waals surface area contributed by atoms with Gasteiger partial charge in [-0.1, -0.05) is 31.5 Å². The van der Waals surface area contributed by atoms with E-state index in [4.69, 9.17) is 11.6 Å². The fraction of sp³-hybridized carbons (Fsp3) is 0.579. The van der Waals surface area contributed by atoms with Crippen LogP contribution in [0.15, 0.2) is 24.3 Å². The van der Waals surface area contributed by atoms with E-state index < -0.39 is 0 Å². The third kappa shape index (κ3) is 4.15. The lowest BCUT2D eigenvalue weighted by atomic mass is 9.77. The number of quaternary nitrogens is 1. The SMILES string of the molecule is CCC1(C)CC(=O)N(C[NH+]2CCN(c3cccc(Cl)c3)CC2)C(=O)C1. The summed E-state index contributed by atoms with van der Waals surface area (Å²) in [6.45, 7) is 8.22. The van der Waals surface area contributed by atoms with Gasteiger partial charge in [-0.05, 0) is 30.0 Å². The van der Waals surface area contributed by atoms with E-state index in [9.17, 15) is 9.59 Å². The van der Waals surface area contributed by atoms with E-state index in [0.29, 0.717) is 19.5 Å². The van der Waals surface area contributed by atoms with Gasteiger partial charge in [-0.3, -0.25) is 9.59 Å². The number of nitrogens with zero attached hydrogens (tertiary/aromatic N) is 2. The number of benzene rings is 1. The standard InChI is InChI=1S/C19H26ClN3O2/c1-3-19(2)12-17(24)23(18(25)13-19)14-21-7-9-22(10-8-21)16-6-4-5-15(20)11-16/h4-6,11H,3,7-10,12-14H2,1-2H3/p+1. The lowest BCUT2D eigenvalue weighted by Gasteiger charge is -2.39. The minimum atomic E-state index is -0.161. The van der Waals surface area contributed by atoms with Crippen LogP contribution >= 0.6 is 11.6 Å². The summed E-state index contributed by atoms with van der Waals surface area (Å²) < 4.78 is 0. The molecule has 2 aliphatic heterocycles. The molecule has 0 unspecified atom stereocenters. The molecule has 0 bridgehead atoms. The van der Waals surface area contributed by atoms with Crippen LogP contribution in [0.4, 0.5) is 5.69 Å². The summed E-state index contributed by atoms with van der Waals surface area (Å²) >= 11 is 6.08. The highest BCUT2D eigenvalue weighted by atomic mass is 35.5. The Morgan fingerprint density at radius 3 is 2.36 bits per heavy atom. The maximum absolute atomic E-state index is 12.4. The molecule has 2 saturated heterocycles. The van der Waals surface area contributed by atoms with Gasteiger partial charge < -0.3 is 9.80 Å². The van der Waals surface area contributed by atoms with Crippen molar-refractivity contribution in [3.8, 4) is 0 Å². The molecule has 0 saturated carbocycles. The fourth-order valence-corrected chi connectivity index (χ4v) is 3.87. The number of hydrogen-bond donors (Lipinski definition) is 1. The van der Waals surface area contributed by atoms with Crippen LogP contribution in [0.5, 0.6) is 0 Å². The van der Waals surface area contributed by atoms with Crippen molar-refractivity contribution in [2.24, 2.45) is 5.41 Å². The van der Waals surface area contributed by atoms with E-state index in [1.807, 2.05) is 25.1 Å².